The summed E-state index contributed by atoms with van der Waals surface area (Å²) in [5.74, 6) is 1.90. The Kier molecular flexibility index (Phi) is 0.884. The van der Waals surface area contributed by atoms with Crippen LogP contribution in [-0.2, 0) is 4.74 Å². The van der Waals surface area contributed by atoms with E-state index in [1.807, 2.05) is 0 Å². The summed E-state index contributed by atoms with van der Waals surface area (Å²) in [6.07, 6.45) is 3.32. The van der Waals surface area contributed by atoms with E-state index in [2.05, 4.69) is 6.92 Å². The van der Waals surface area contributed by atoms with E-state index in [0.29, 0.717) is 6.10 Å². The van der Waals surface area contributed by atoms with Crippen molar-refractivity contribution in [2.75, 3.05) is 6.61 Å². The maximum Gasteiger partial charge on any atom is 0.0609 e. The highest BCUT2D eigenvalue weighted by Crippen LogP contribution is 2.42. The minimum atomic E-state index is 0.671. The normalized spacial score (nSPS) is 52.9. The third-order valence-electron chi connectivity index (χ3n) is 2.60. The van der Waals surface area contributed by atoms with Gasteiger partial charge in [0.25, 0.3) is 0 Å². The van der Waals surface area contributed by atoms with Gasteiger partial charge in [0.1, 0.15) is 0 Å². The molecule has 0 spiro atoms. The predicted octanol–water partition coefficient (Wildman–Crippen LogP) is 1.43. The molecule has 1 aliphatic carbocycles. The molecule has 1 heteroatoms. The van der Waals surface area contributed by atoms with Gasteiger partial charge in [0.05, 0.1) is 6.10 Å². The van der Waals surface area contributed by atoms with Crippen molar-refractivity contribution in [3.8, 4) is 0 Å². The molecule has 1 saturated carbocycles. The first-order valence-corrected chi connectivity index (χ1v) is 3.49. The summed E-state index contributed by atoms with van der Waals surface area (Å²) in [5.41, 5.74) is 0. The summed E-state index contributed by atoms with van der Waals surface area (Å²) in [7, 11) is 0. The lowest BCUT2D eigenvalue weighted by molar-refractivity contribution is -0.00444. The second-order valence-corrected chi connectivity index (χ2v) is 3.07. The van der Waals surface area contributed by atoms with Crippen LogP contribution < -0.4 is 0 Å². The predicted molar refractivity (Wildman–Crippen MR) is 31.6 cm³/mol. The van der Waals surface area contributed by atoms with Crippen LogP contribution in [0.25, 0.3) is 0 Å². The average molecular weight is 112 g/mol. The van der Waals surface area contributed by atoms with Crippen molar-refractivity contribution < 1.29 is 4.74 Å². The standard InChI is InChI=1S/C7H12O/c1-5-4-7-6(5)2-3-8-7/h5-7H,2-4H2,1H3/t5-,6+,7-/m1/s1. The molecule has 2 fully saturated rings. The molecule has 1 saturated heterocycles. The number of rotatable bonds is 0. The summed E-state index contributed by atoms with van der Waals surface area (Å²) in [5, 5.41) is 0. The van der Waals surface area contributed by atoms with Crippen LogP contribution in [0.5, 0.6) is 0 Å². The van der Waals surface area contributed by atoms with Gasteiger partial charge in [0.15, 0.2) is 0 Å². The van der Waals surface area contributed by atoms with Crippen LogP contribution in [0, 0.1) is 11.8 Å². The summed E-state index contributed by atoms with van der Waals surface area (Å²) in [6, 6.07) is 0. The summed E-state index contributed by atoms with van der Waals surface area (Å²) in [4.78, 5) is 0. The molecule has 0 unspecified atom stereocenters. The second-order valence-electron chi connectivity index (χ2n) is 3.07. The van der Waals surface area contributed by atoms with Gasteiger partial charge in [-0.2, -0.15) is 0 Å². The molecule has 8 heavy (non-hydrogen) atoms. The van der Waals surface area contributed by atoms with Crippen LogP contribution in [0.3, 0.4) is 0 Å². The zero-order valence-corrected chi connectivity index (χ0v) is 5.26. The van der Waals surface area contributed by atoms with Crippen LogP contribution in [0.2, 0.25) is 0 Å². The molecule has 2 rings (SSSR count). The molecule has 3 atom stereocenters. The zero-order chi connectivity index (χ0) is 5.56. The Hall–Kier alpha value is -0.0400. The van der Waals surface area contributed by atoms with Gasteiger partial charge in [-0.3, -0.25) is 0 Å². The minimum Gasteiger partial charge on any atom is -0.378 e. The monoisotopic (exact) mass is 112 g/mol. The molecule has 0 N–H and O–H groups in total. The van der Waals surface area contributed by atoms with Crippen LogP contribution in [0.15, 0.2) is 0 Å². The summed E-state index contributed by atoms with van der Waals surface area (Å²) in [6.45, 7) is 3.36. The Labute approximate surface area is 50.0 Å². The summed E-state index contributed by atoms with van der Waals surface area (Å²) < 4.78 is 5.42. The Bertz CT molecular complexity index is 101. The Morgan fingerprint density at radius 1 is 1.50 bits per heavy atom. The van der Waals surface area contributed by atoms with E-state index in [-0.39, 0.29) is 0 Å². The van der Waals surface area contributed by atoms with Crippen molar-refractivity contribution in [3.05, 3.63) is 0 Å². The largest absolute Gasteiger partial charge is 0.378 e. The smallest absolute Gasteiger partial charge is 0.0609 e. The van der Waals surface area contributed by atoms with E-state index in [1.54, 1.807) is 0 Å². The third-order valence-corrected chi connectivity index (χ3v) is 2.60. The molecule has 1 heterocycles. The van der Waals surface area contributed by atoms with Crippen molar-refractivity contribution in [3.63, 3.8) is 0 Å². The van der Waals surface area contributed by atoms with E-state index in [9.17, 15) is 0 Å². The van der Waals surface area contributed by atoms with Crippen LogP contribution in [0.4, 0.5) is 0 Å². The Balaban J connectivity index is 2.02. The van der Waals surface area contributed by atoms with Crippen LogP contribution in [0.1, 0.15) is 19.8 Å². The van der Waals surface area contributed by atoms with E-state index in [0.717, 1.165) is 18.4 Å². The fourth-order valence-corrected chi connectivity index (χ4v) is 1.90. The lowest BCUT2D eigenvalue weighted by atomic mass is 9.72. The maximum absolute atomic E-state index is 5.42. The van der Waals surface area contributed by atoms with E-state index < -0.39 is 0 Å². The van der Waals surface area contributed by atoms with Gasteiger partial charge >= 0.3 is 0 Å². The molecule has 0 aromatic carbocycles. The average Bonchev–Trinajstić information content (AvgIpc) is 2.09. The highest BCUT2D eigenvalue weighted by atomic mass is 16.5. The van der Waals surface area contributed by atoms with Crippen LogP contribution in [-0.4, -0.2) is 12.7 Å². The van der Waals surface area contributed by atoms with E-state index >= 15 is 0 Å². The van der Waals surface area contributed by atoms with Gasteiger partial charge in [-0.1, -0.05) is 6.92 Å². The number of hydrogen-bond donors (Lipinski definition) is 0. The Morgan fingerprint density at radius 2 is 2.38 bits per heavy atom. The number of fused-ring (bicyclic) bond motifs is 1. The maximum atomic E-state index is 5.42. The minimum absolute atomic E-state index is 0.671. The van der Waals surface area contributed by atoms with Crippen molar-refractivity contribution in [1.82, 2.24) is 0 Å². The number of hydrogen-bond acceptors (Lipinski definition) is 1. The van der Waals surface area contributed by atoms with Crippen molar-refractivity contribution >= 4 is 0 Å². The summed E-state index contributed by atoms with van der Waals surface area (Å²) >= 11 is 0. The van der Waals surface area contributed by atoms with Gasteiger partial charge in [-0.05, 0) is 24.7 Å². The Morgan fingerprint density at radius 3 is 2.88 bits per heavy atom. The molecule has 0 amide bonds. The molecule has 1 aliphatic heterocycles. The van der Waals surface area contributed by atoms with Gasteiger partial charge in [0, 0.05) is 6.61 Å². The zero-order valence-electron chi connectivity index (χ0n) is 5.26. The lowest BCUT2D eigenvalue weighted by Crippen LogP contribution is -2.35. The van der Waals surface area contributed by atoms with Crippen molar-refractivity contribution in [2.45, 2.75) is 25.9 Å². The first-order chi connectivity index (χ1) is 3.88. The third kappa shape index (κ3) is 0.455. The van der Waals surface area contributed by atoms with Crippen molar-refractivity contribution in [2.24, 2.45) is 11.8 Å². The molecule has 2 aliphatic rings. The molecule has 1 nitrogen and oxygen atoms in total. The lowest BCUT2D eigenvalue weighted by Gasteiger charge is -2.36. The fourth-order valence-electron chi connectivity index (χ4n) is 1.90. The highest BCUT2D eigenvalue weighted by Gasteiger charge is 2.42. The molecular weight excluding hydrogens is 100 g/mol. The van der Waals surface area contributed by atoms with Crippen LogP contribution >= 0.6 is 0 Å². The van der Waals surface area contributed by atoms with Gasteiger partial charge in [0.2, 0.25) is 0 Å². The quantitative estimate of drug-likeness (QED) is 0.460. The van der Waals surface area contributed by atoms with Crippen molar-refractivity contribution in [1.29, 1.82) is 0 Å². The second kappa shape index (κ2) is 1.47. The molecule has 0 aromatic rings. The van der Waals surface area contributed by atoms with Gasteiger partial charge < -0.3 is 4.74 Å². The molecular formula is C7H12O. The first-order valence-electron chi connectivity index (χ1n) is 3.49. The molecule has 46 valence electrons. The SMILES string of the molecule is C[C@@H]1C[C@H]2OCC[C@@H]12. The first kappa shape index (κ1) is 4.80. The fraction of sp³-hybridized carbons (Fsp3) is 1.00. The molecule has 0 aromatic heterocycles. The number of ether oxygens (including phenoxy) is 1. The highest BCUT2D eigenvalue weighted by molar-refractivity contribution is 4.90. The topological polar surface area (TPSA) is 9.23 Å². The van der Waals surface area contributed by atoms with E-state index in [4.69, 9.17) is 4.74 Å². The van der Waals surface area contributed by atoms with E-state index in [1.165, 1.54) is 12.8 Å². The van der Waals surface area contributed by atoms with Gasteiger partial charge in [-0.25, -0.2) is 0 Å². The van der Waals surface area contributed by atoms with Gasteiger partial charge in [-0.15, -0.1) is 0 Å². The molecule has 0 bridgehead atoms. The molecule has 0 radical (unpaired) electrons.